The van der Waals surface area contributed by atoms with Crippen LogP contribution in [0.15, 0.2) is 114 Å². The van der Waals surface area contributed by atoms with Crippen LogP contribution in [0.25, 0.3) is 44.9 Å². The maximum atomic E-state index is 10.3. The topological polar surface area (TPSA) is 59.2 Å². The van der Waals surface area contributed by atoms with Crippen LogP contribution in [0.4, 0.5) is 0 Å². The second-order valence-electron chi connectivity index (χ2n) is 8.34. The molecule has 5 heteroatoms. The SMILES string of the molecule is Oc1ccccc1-c1nc2c(-c3[c-]c(-c4ccccn4)c(Cc4ccccc4)cc3)cccc2o1.[Pt]. The van der Waals surface area contributed by atoms with Gasteiger partial charge >= 0.3 is 0 Å². The molecule has 0 aliphatic heterocycles. The van der Waals surface area contributed by atoms with Gasteiger partial charge in [-0.2, -0.15) is 0 Å². The van der Waals surface area contributed by atoms with Crippen LogP contribution in [0.3, 0.4) is 0 Å². The summed E-state index contributed by atoms with van der Waals surface area (Å²) in [6, 6.07) is 37.1. The van der Waals surface area contributed by atoms with Gasteiger partial charge < -0.3 is 9.52 Å². The number of hydrogen-bond donors (Lipinski definition) is 1. The van der Waals surface area contributed by atoms with Crippen LogP contribution in [0.5, 0.6) is 5.75 Å². The molecule has 1 N–H and O–H groups in total. The molecule has 36 heavy (non-hydrogen) atoms. The largest absolute Gasteiger partial charge is 0.507 e. The van der Waals surface area contributed by atoms with E-state index in [2.05, 4.69) is 47.4 Å². The molecule has 2 heterocycles. The number of phenols is 1. The summed E-state index contributed by atoms with van der Waals surface area (Å²) >= 11 is 0. The number of pyridine rings is 1. The zero-order chi connectivity index (χ0) is 23.6. The Labute approximate surface area is 223 Å². The average Bonchev–Trinajstić information content (AvgIpc) is 3.35. The number of rotatable bonds is 5. The molecule has 2 aromatic heterocycles. The zero-order valence-corrected chi connectivity index (χ0v) is 21.4. The minimum Gasteiger partial charge on any atom is -0.507 e. The summed E-state index contributed by atoms with van der Waals surface area (Å²) < 4.78 is 6.02. The van der Waals surface area contributed by atoms with E-state index < -0.39 is 0 Å². The van der Waals surface area contributed by atoms with E-state index in [1.807, 2.05) is 48.5 Å². The molecule has 6 aromatic rings. The van der Waals surface area contributed by atoms with Gasteiger partial charge in [-0.25, -0.2) is 4.98 Å². The molecule has 6 rings (SSSR count). The molecule has 0 spiro atoms. The summed E-state index contributed by atoms with van der Waals surface area (Å²) in [5.74, 6) is 0.520. The molecular weight excluding hydrogens is 627 g/mol. The van der Waals surface area contributed by atoms with E-state index in [1.165, 1.54) is 5.56 Å². The van der Waals surface area contributed by atoms with Crippen molar-refractivity contribution < 1.29 is 30.6 Å². The second-order valence-corrected chi connectivity index (χ2v) is 8.34. The minimum atomic E-state index is 0. The molecule has 0 saturated carbocycles. The number of aromatic nitrogens is 2. The van der Waals surface area contributed by atoms with Crippen molar-refractivity contribution in [2.45, 2.75) is 6.42 Å². The predicted molar refractivity (Wildman–Crippen MR) is 138 cm³/mol. The fraction of sp³-hybridized carbons (Fsp3) is 0.0323. The number of phenolic OH excluding ortho intramolecular Hbond substituents is 1. The van der Waals surface area contributed by atoms with E-state index in [0.717, 1.165) is 39.9 Å². The summed E-state index contributed by atoms with van der Waals surface area (Å²) in [7, 11) is 0. The Balaban J connectivity index is 0.00000267. The Hall–Kier alpha value is -4.01. The van der Waals surface area contributed by atoms with Crippen LogP contribution in [-0.2, 0) is 27.5 Å². The Morgan fingerprint density at radius 3 is 2.33 bits per heavy atom. The standard InChI is InChI=1S/C31H21N2O2.Pt/c34-28-14-5-4-11-25(28)31-33-30-24(12-8-15-29(30)35-31)23-17-16-22(19-21-9-2-1-3-10-21)26(20-23)27-13-6-7-18-32-27;/h1-18,34H,19H2;/q-1;. The average molecular weight is 649 g/mol. The van der Waals surface area contributed by atoms with Crippen LogP contribution >= 0.6 is 0 Å². The number of oxazole rings is 1. The van der Waals surface area contributed by atoms with E-state index >= 15 is 0 Å². The van der Waals surface area contributed by atoms with Crippen molar-refractivity contribution in [3.8, 4) is 39.6 Å². The molecule has 0 aliphatic rings. The number of hydrogen-bond acceptors (Lipinski definition) is 4. The van der Waals surface area contributed by atoms with Crippen molar-refractivity contribution in [3.05, 3.63) is 127 Å². The van der Waals surface area contributed by atoms with Crippen molar-refractivity contribution in [2.75, 3.05) is 0 Å². The Morgan fingerprint density at radius 2 is 1.53 bits per heavy atom. The number of nitrogens with zero attached hydrogens (tertiary/aromatic N) is 2. The molecule has 0 atom stereocenters. The van der Waals surface area contributed by atoms with Crippen LogP contribution in [0.2, 0.25) is 0 Å². The van der Waals surface area contributed by atoms with Crippen LogP contribution in [0.1, 0.15) is 11.1 Å². The van der Waals surface area contributed by atoms with Crippen molar-refractivity contribution in [1.82, 2.24) is 9.97 Å². The summed E-state index contributed by atoms with van der Waals surface area (Å²) in [6.07, 6.45) is 2.59. The Morgan fingerprint density at radius 1 is 0.750 bits per heavy atom. The number of fused-ring (bicyclic) bond motifs is 1. The van der Waals surface area contributed by atoms with Crippen molar-refractivity contribution in [2.24, 2.45) is 0 Å². The van der Waals surface area contributed by atoms with Gasteiger partial charge in [0, 0.05) is 33.0 Å². The molecule has 0 fully saturated rings. The maximum absolute atomic E-state index is 10.3. The third-order valence-corrected chi connectivity index (χ3v) is 6.03. The fourth-order valence-corrected chi connectivity index (χ4v) is 4.32. The third kappa shape index (κ3) is 4.60. The van der Waals surface area contributed by atoms with Gasteiger partial charge in [-0.3, -0.25) is 4.98 Å². The second kappa shape index (κ2) is 10.3. The van der Waals surface area contributed by atoms with Gasteiger partial charge in [0.2, 0.25) is 5.89 Å². The van der Waals surface area contributed by atoms with E-state index in [0.29, 0.717) is 17.0 Å². The minimum absolute atomic E-state index is 0. The van der Waals surface area contributed by atoms with Gasteiger partial charge in [-0.05, 0) is 30.7 Å². The molecule has 0 bridgehead atoms. The first-order valence-corrected chi connectivity index (χ1v) is 11.4. The van der Waals surface area contributed by atoms with Gasteiger partial charge in [0.25, 0.3) is 0 Å². The quantitative estimate of drug-likeness (QED) is 0.199. The molecule has 4 aromatic carbocycles. The summed E-state index contributed by atoms with van der Waals surface area (Å²) in [5, 5.41) is 10.3. The fourth-order valence-electron chi connectivity index (χ4n) is 4.32. The van der Waals surface area contributed by atoms with E-state index in [9.17, 15) is 5.11 Å². The van der Waals surface area contributed by atoms with Gasteiger partial charge in [0.05, 0.1) is 11.1 Å². The van der Waals surface area contributed by atoms with Crippen LogP contribution < -0.4 is 0 Å². The molecule has 0 amide bonds. The predicted octanol–water partition coefficient (Wildman–Crippen LogP) is 7.32. The molecule has 0 aliphatic carbocycles. The first-order chi connectivity index (χ1) is 17.3. The molecule has 178 valence electrons. The van der Waals surface area contributed by atoms with Crippen molar-refractivity contribution in [1.29, 1.82) is 0 Å². The molecule has 4 nitrogen and oxygen atoms in total. The van der Waals surface area contributed by atoms with E-state index in [-0.39, 0.29) is 26.8 Å². The third-order valence-electron chi connectivity index (χ3n) is 6.03. The summed E-state index contributed by atoms with van der Waals surface area (Å²) in [5.41, 5.74) is 7.99. The summed E-state index contributed by atoms with van der Waals surface area (Å²) in [4.78, 5) is 9.36. The monoisotopic (exact) mass is 648 g/mol. The molecule has 0 saturated heterocycles. The first-order valence-electron chi connectivity index (χ1n) is 11.4. The van der Waals surface area contributed by atoms with Crippen molar-refractivity contribution in [3.63, 3.8) is 0 Å². The first kappa shape index (κ1) is 23.7. The zero-order valence-electron chi connectivity index (χ0n) is 19.2. The molecule has 0 radical (unpaired) electrons. The van der Waals surface area contributed by atoms with Crippen LogP contribution in [0, 0.1) is 6.07 Å². The maximum Gasteiger partial charge on any atom is 0.230 e. The van der Waals surface area contributed by atoms with Gasteiger partial charge in [0.1, 0.15) is 11.3 Å². The van der Waals surface area contributed by atoms with E-state index in [4.69, 9.17) is 9.40 Å². The van der Waals surface area contributed by atoms with Gasteiger partial charge in [-0.1, -0.05) is 83.4 Å². The molecule has 0 unspecified atom stereocenters. The number of para-hydroxylation sites is 2. The number of aromatic hydroxyl groups is 1. The van der Waals surface area contributed by atoms with Gasteiger partial charge in [0.15, 0.2) is 0 Å². The molecular formula is C31H21N2O2Pt-. The van der Waals surface area contributed by atoms with Gasteiger partial charge in [-0.15, -0.1) is 29.3 Å². The number of benzene rings is 4. The normalized spacial score (nSPS) is 10.8. The summed E-state index contributed by atoms with van der Waals surface area (Å²) in [6.45, 7) is 0. The Bertz CT molecular complexity index is 1630. The van der Waals surface area contributed by atoms with Crippen LogP contribution in [-0.4, -0.2) is 15.1 Å². The van der Waals surface area contributed by atoms with Crippen molar-refractivity contribution >= 4 is 11.1 Å². The Kier molecular flexibility index (Phi) is 6.79. The van der Waals surface area contributed by atoms with E-state index in [1.54, 1.807) is 24.4 Å². The smallest absolute Gasteiger partial charge is 0.230 e.